The summed E-state index contributed by atoms with van der Waals surface area (Å²) in [6.07, 6.45) is 0. The summed E-state index contributed by atoms with van der Waals surface area (Å²) in [7, 11) is 0. The van der Waals surface area contributed by atoms with Crippen LogP contribution in [0.25, 0.3) is 10.8 Å². The van der Waals surface area contributed by atoms with Gasteiger partial charge >= 0.3 is 0 Å². The van der Waals surface area contributed by atoms with Gasteiger partial charge < -0.3 is 15.4 Å². The zero-order chi connectivity index (χ0) is 14.3. The fourth-order valence-corrected chi connectivity index (χ4v) is 1.77. The molecule has 0 fully saturated rings. The summed E-state index contributed by atoms with van der Waals surface area (Å²) in [5.74, 6) is 0.607. The molecule has 2 aromatic rings. The molecule has 0 radical (unpaired) electrons. The molecule has 102 valence electrons. The van der Waals surface area contributed by atoms with E-state index in [2.05, 4.69) is 10.3 Å². The van der Waals surface area contributed by atoms with E-state index in [9.17, 15) is 9.90 Å². The van der Waals surface area contributed by atoms with E-state index >= 15 is 0 Å². The van der Waals surface area contributed by atoms with Crippen LogP contribution >= 0.6 is 0 Å². The average Bonchev–Trinajstić information content (AvgIpc) is 2.27. The number of hydrogen-bond acceptors (Lipinski definition) is 3. The van der Waals surface area contributed by atoms with Gasteiger partial charge in [0.15, 0.2) is 0 Å². The highest BCUT2D eigenvalue weighted by molar-refractivity contribution is 5.83. The molecule has 1 aromatic heterocycles. The Balaban J connectivity index is 2.45. The maximum Gasteiger partial charge on any atom is 0.257 e. The number of aromatic nitrogens is 1. The van der Waals surface area contributed by atoms with Crippen molar-refractivity contribution in [1.29, 1.82) is 0 Å². The molecule has 19 heavy (non-hydrogen) atoms. The maximum atomic E-state index is 12.0. The number of H-pyrrole nitrogens is 1. The van der Waals surface area contributed by atoms with Gasteiger partial charge in [-0.1, -0.05) is 18.2 Å². The Hall–Kier alpha value is -1.81. The quantitative estimate of drug-likeness (QED) is 0.794. The van der Waals surface area contributed by atoms with Gasteiger partial charge in [-0.25, -0.2) is 0 Å². The molecule has 0 aliphatic heterocycles. The van der Waals surface area contributed by atoms with E-state index in [-0.39, 0.29) is 5.56 Å². The summed E-state index contributed by atoms with van der Waals surface area (Å²) >= 11 is 0. The van der Waals surface area contributed by atoms with E-state index in [0.29, 0.717) is 11.2 Å². The molecule has 2 rings (SSSR count). The van der Waals surface area contributed by atoms with Gasteiger partial charge in [0.1, 0.15) is 5.82 Å². The fourth-order valence-electron chi connectivity index (χ4n) is 1.77. The van der Waals surface area contributed by atoms with E-state index < -0.39 is 11.1 Å². The number of aliphatic hydroxyl groups is 1. The predicted octanol–water partition coefficient (Wildman–Crippen LogP) is 2.49. The van der Waals surface area contributed by atoms with Crippen LogP contribution in [-0.4, -0.2) is 21.2 Å². The molecule has 4 nitrogen and oxygen atoms in total. The average molecular weight is 260 g/mol. The van der Waals surface area contributed by atoms with Gasteiger partial charge in [0.05, 0.1) is 11.1 Å². The monoisotopic (exact) mass is 260 g/mol. The molecular weight excluding hydrogens is 240 g/mol. The highest BCUT2D eigenvalue weighted by Gasteiger charge is 2.35. The van der Waals surface area contributed by atoms with Crippen LogP contribution in [0.4, 0.5) is 5.82 Å². The zero-order valence-corrected chi connectivity index (χ0v) is 11.7. The SMILES string of the molecule is CC(C)(O)C(C)(C)Nc1cc2ccccc2c(=O)[nH]1. The molecule has 0 unspecified atom stereocenters. The molecular formula is C15H20N2O2. The van der Waals surface area contributed by atoms with E-state index in [1.54, 1.807) is 19.9 Å². The van der Waals surface area contributed by atoms with Gasteiger partial charge in [-0.15, -0.1) is 0 Å². The maximum absolute atomic E-state index is 12.0. The van der Waals surface area contributed by atoms with Crippen molar-refractivity contribution in [3.63, 3.8) is 0 Å². The molecule has 0 atom stereocenters. The van der Waals surface area contributed by atoms with Gasteiger partial charge in [-0.05, 0) is 45.2 Å². The highest BCUT2D eigenvalue weighted by Crippen LogP contribution is 2.25. The first-order valence-electron chi connectivity index (χ1n) is 6.33. The third-order valence-electron chi connectivity index (χ3n) is 3.73. The van der Waals surface area contributed by atoms with Crippen LogP contribution < -0.4 is 10.9 Å². The van der Waals surface area contributed by atoms with Crippen molar-refractivity contribution >= 4 is 16.6 Å². The molecule has 3 N–H and O–H groups in total. The number of rotatable bonds is 3. The number of fused-ring (bicyclic) bond motifs is 1. The highest BCUT2D eigenvalue weighted by atomic mass is 16.3. The van der Waals surface area contributed by atoms with Crippen molar-refractivity contribution < 1.29 is 5.11 Å². The molecule has 0 aliphatic carbocycles. The van der Waals surface area contributed by atoms with Crippen molar-refractivity contribution in [3.8, 4) is 0 Å². The predicted molar refractivity (Wildman–Crippen MR) is 78.6 cm³/mol. The van der Waals surface area contributed by atoms with Crippen LogP contribution in [0.3, 0.4) is 0 Å². The second kappa shape index (κ2) is 4.38. The molecule has 0 spiro atoms. The summed E-state index contributed by atoms with van der Waals surface area (Å²) in [4.78, 5) is 14.8. The lowest BCUT2D eigenvalue weighted by molar-refractivity contribution is 0.0239. The van der Waals surface area contributed by atoms with Crippen molar-refractivity contribution in [2.75, 3.05) is 5.32 Å². The Labute approximate surface area is 112 Å². The third-order valence-corrected chi connectivity index (χ3v) is 3.73. The number of hydrogen-bond donors (Lipinski definition) is 3. The lowest BCUT2D eigenvalue weighted by atomic mass is 9.86. The van der Waals surface area contributed by atoms with Crippen LogP contribution in [0, 0.1) is 0 Å². The minimum atomic E-state index is -0.921. The molecule has 0 bridgehead atoms. The van der Waals surface area contributed by atoms with Crippen molar-refractivity contribution in [1.82, 2.24) is 4.98 Å². The van der Waals surface area contributed by atoms with Gasteiger partial charge in [0, 0.05) is 5.39 Å². The summed E-state index contributed by atoms with van der Waals surface area (Å²) in [6, 6.07) is 9.30. The summed E-state index contributed by atoms with van der Waals surface area (Å²) in [5, 5.41) is 14.9. The van der Waals surface area contributed by atoms with E-state index in [1.165, 1.54) is 0 Å². The van der Waals surface area contributed by atoms with Crippen molar-refractivity contribution in [2.45, 2.75) is 38.8 Å². The summed E-state index contributed by atoms with van der Waals surface area (Å²) < 4.78 is 0. The lowest BCUT2D eigenvalue weighted by Crippen LogP contribution is -2.51. The van der Waals surface area contributed by atoms with Crippen molar-refractivity contribution in [3.05, 3.63) is 40.7 Å². The second-order valence-corrected chi connectivity index (χ2v) is 5.91. The number of aromatic amines is 1. The normalized spacial score (nSPS) is 12.7. The Morgan fingerprint density at radius 3 is 2.42 bits per heavy atom. The Kier molecular flexibility index (Phi) is 3.14. The first-order chi connectivity index (χ1) is 8.71. The molecule has 4 heteroatoms. The third kappa shape index (κ3) is 2.63. The number of anilines is 1. The fraction of sp³-hybridized carbons (Fsp3) is 0.400. The van der Waals surface area contributed by atoms with Gasteiger partial charge in [-0.2, -0.15) is 0 Å². The molecule has 0 amide bonds. The first kappa shape index (κ1) is 13.6. The standard InChI is InChI=1S/C15H20N2O2/c1-14(2,15(3,4)19)17-12-9-10-7-5-6-8-11(10)13(18)16-12/h5-9,19H,1-4H3,(H2,16,17,18). The van der Waals surface area contributed by atoms with Crippen LogP contribution in [-0.2, 0) is 0 Å². The van der Waals surface area contributed by atoms with Crippen LogP contribution in [0.5, 0.6) is 0 Å². The molecule has 1 heterocycles. The smallest absolute Gasteiger partial charge is 0.257 e. The molecule has 0 saturated carbocycles. The van der Waals surface area contributed by atoms with Gasteiger partial charge in [0.25, 0.3) is 5.56 Å². The Morgan fingerprint density at radius 1 is 1.16 bits per heavy atom. The van der Waals surface area contributed by atoms with Crippen LogP contribution in [0.1, 0.15) is 27.7 Å². The van der Waals surface area contributed by atoms with Crippen molar-refractivity contribution in [2.24, 2.45) is 0 Å². The molecule has 1 aromatic carbocycles. The number of nitrogens with one attached hydrogen (secondary N) is 2. The first-order valence-corrected chi connectivity index (χ1v) is 6.33. The largest absolute Gasteiger partial charge is 0.388 e. The van der Waals surface area contributed by atoms with Crippen LogP contribution in [0.15, 0.2) is 35.1 Å². The minimum absolute atomic E-state index is 0.132. The summed E-state index contributed by atoms with van der Waals surface area (Å²) in [6.45, 7) is 7.25. The Morgan fingerprint density at radius 2 is 1.79 bits per heavy atom. The molecule has 0 aliphatic rings. The van der Waals surface area contributed by atoms with E-state index in [4.69, 9.17) is 0 Å². The summed E-state index contributed by atoms with van der Waals surface area (Å²) in [5.41, 5.74) is -1.62. The topological polar surface area (TPSA) is 65.1 Å². The Bertz CT molecular complexity index is 651. The second-order valence-electron chi connectivity index (χ2n) is 5.91. The van der Waals surface area contributed by atoms with Crippen LogP contribution in [0.2, 0.25) is 0 Å². The van der Waals surface area contributed by atoms with E-state index in [1.807, 2.05) is 38.1 Å². The van der Waals surface area contributed by atoms with E-state index in [0.717, 1.165) is 5.39 Å². The zero-order valence-electron chi connectivity index (χ0n) is 11.7. The van der Waals surface area contributed by atoms with Gasteiger partial charge in [-0.3, -0.25) is 4.79 Å². The number of benzene rings is 1. The minimum Gasteiger partial charge on any atom is -0.388 e. The number of pyridine rings is 1. The lowest BCUT2D eigenvalue weighted by Gasteiger charge is -2.38. The molecule has 0 saturated heterocycles. The van der Waals surface area contributed by atoms with Gasteiger partial charge in [0.2, 0.25) is 0 Å².